The lowest BCUT2D eigenvalue weighted by Crippen LogP contribution is -2.32. The van der Waals surface area contributed by atoms with Crippen LogP contribution >= 0.6 is 11.8 Å². The highest BCUT2D eigenvalue weighted by molar-refractivity contribution is 7.99. The van der Waals surface area contributed by atoms with Crippen molar-refractivity contribution in [3.05, 3.63) is 29.8 Å². The molecule has 18 heavy (non-hydrogen) atoms. The van der Waals surface area contributed by atoms with Gasteiger partial charge in [0.25, 0.3) is 0 Å². The topological polar surface area (TPSA) is 70.7 Å². The van der Waals surface area contributed by atoms with Crippen LogP contribution in [-0.4, -0.2) is 36.8 Å². The number of nitrogens with one attached hydrogen (secondary N) is 1. The van der Waals surface area contributed by atoms with Crippen LogP contribution in [0.25, 0.3) is 0 Å². The van der Waals surface area contributed by atoms with Crippen molar-refractivity contribution in [1.29, 1.82) is 0 Å². The molecule has 1 aromatic rings. The number of carbonyl (C=O) groups excluding carboxylic acids is 1. The first kappa shape index (κ1) is 12.8. The number of amides is 2. The van der Waals surface area contributed by atoms with E-state index in [-0.39, 0.29) is 0 Å². The van der Waals surface area contributed by atoms with Crippen molar-refractivity contribution in [3.8, 4) is 0 Å². The summed E-state index contributed by atoms with van der Waals surface area (Å²) in [4.78, 5) is 12.8. The number of thioether (sulfide) groups is 1. The van der Waals surface area contributed by atoms with Crippen LogP contribution in [0.15, 0.2) is 29.4 Å². The molecule has 5 nitrogen and oxygen atoms in total. The summed E-state index contributed by atoms with van der Waals surface area (Å²) in [6.07, 6.45) is 1.57. The standard InChI is InChI=1S/C12H16N4OS/c13-12(17)15-14-9-10-1-3-11(4-2-10)16-5-7-18-8-6-16/h1-4,9H,5-8H2,(H3,13,15,17). The van der Waals surface area contributed by atoms with Crippen molar-refractivity contribution in [2.75, 3.05) is 29.5 Å². The molecule has 0 radical (unpaired) electrons. The summed E-state index contributed by atoms with van der Waals surface area (Å²) in [6.45, 7) is 2.20. The second-order valence-electron chi connectivity index (χ2n) is 3.93. The summed E-state index contributed by atoms with van der Waals surface area (Å²) in [5.41, 5.74) is 9.23. The van der Waals surface area contributed by atoms with Gasteiger partial charge in [-0.15, -0.1) is 0 Å². The van der Waals surface area contributed by atoms with E-state index in [1.165, 1.54) is 17.2 Å². The maximum Gasteiger partial charge on any atom is 0.332 e. The molecule has 1 heterocycles. The molecule has 0 aliphatic carbocycles. The number of nitrogens with zero attached hydrogens (tertiary/aromatic N) is 2. The Morgan fingerprint density at radius 3 is 2.61 bits per heavy atom. The molecule has 2 rings (SSSR count). The van der Waals surface area contributed by atoms with Crippen LogP contribution in [0.3, 0.4) is 0 Å². The van der Waals surface area contributed by atoms with E-state index >= 15 is 0 Å². The van der Waals surface area contributed by atoms with Gasteiger partial charge < -0.3 is 10.6 Å². The monoisotopic (exact) mass is 264 g/mol. The molecule has 0 bridgehead atoms. The van der Waals surface area contributed by atoms with Crippen LogP contribution in [0.1, 0.15) is 5.56 Å². The Morgan fingerprint density at radius 2 is 2.00 bits per heavy atom. The lowest BCUT2D eigenvalue weighted by atomic mass is 10.2. The Labute approximate surface area is 110 Å². The Balaban J connectivity index is 1.96. The largest absolute Gasteiger partial charge is 0.370 e. The van der Waals surface area contributed by atoms with Gasteiger partial charge in [0, 0.05) is 30.3 Å². The number of nitrogens with two attached hydrogens (primary N) is 1. The van der Waals surface area contributed by atoms with Crippen molar-refractivity contribution >= 4 is 29.7 Å². The van der Waals surface area contributed by atoms with E-state index in [0.29, 0.717) is 0 Å². The number of primary amides is 1. The number of benzene rings is 1. The van der Waals surface area contributed by atoms with Crippen LogP contribution in [0.2, 0.25) is 0 Å². The van der Waals surface area contributed by atoms with E-state index in [1.54, 1.807) is 6.21 Å². The highest BCUT2D eigenvalue weighted by Gasteiger charge is 2.10. The second-order valence-corrected chi connectivity index (χ2v) is 5.15. The minimum atomic E-state index is -0.659. The first-order chi connectivity index (χ1) is 8.75. The zero-order valence-corrected chi connectivity index (χ0v) is 10.8. The van der Waals surface area contributed by atoms with Gasteiger partial charge in [-0.05, 0) is 17.7 Å². The normalized spacial score (nSPS) is 15.9. The average molecular weight is 264 g/mol. The molecule has 0 unspecified atom stereocenters. The summed E-state index contributed by atoms with van der Waals surface area (Å²) < 4.78 is 0. The molecular formula is C12H16N4OS. The molecule has 0 atom stereocenters. The molecule has 1 aromatic carbocycles. The molecule has 1 aliphatic rings. The SMILES string of the molecule is NC(=O)NN=Cc1ccc(N2CCSCC2)cc1. The molecule has 1 saturated heterocycles. The maximum absolute atomic E-state index is 10.4. The fourth-order valence-corrected chi connectivity index (χ4v) is 2.67. The van der Waals surface area contributed by atoms with Crippen LogP contribution in [0.5, 0.6) is 0 Å². The maximum atomic E-state index is 10.4. The van der Waals surface area contributed by atoms with Gasteiger partial charge >= 0.3 is 6.03 Å². The van der Waals surface area contributed by atoms with Gasteiger partial charge in [-0.2, -0.15) is 16.9 Å². The smallest absolute Gasteiger partial charge is 0.332 e. The van der Waals surface area contributed by atoms with E-state index in [0.717, 1.165) is 18.7 Å². The fraction of sp³-hybridized carbons (Fsp3) is 0.333. The fourth-order valence-electron chi connectivity index (χ4n) is 1.76. The Morgan fingerprint density at radius 1 is 1.33 bits per heavy atom. The van der Waals surface area contributed by atoms with E-state index in [4.69, 9.17) is 5.73 Å². The summed E-state index contributed by atoms with van der Waals surface area (Å²) in [5, 5.41) is 3.72. The molecule has 1 aliphatic heterocycles. The Bertz CT molecular complexity index is 426. The Hall–Kier alpha value is -1.69. The van der Waals surface area contributed by atoms with E-state index in [1.807, 2.05) is 23.9 Å². The van der Waals surface area contributed by atoms with Crippen LogP contribution < -0.4 is 16.1 Å². The van der Waals surface area contributed by atoms with Gasteiger partial charge in [-0.25, -0.2) is 10.2 Å². The first-order valence-corrected chi connectivity index (χ1v) is 6.92. The second kappa shape index (κ2) is 6.30. The van der Waals surface area contributed by atoms with Gasteiger partial charge in [-0.1, -0.05) is 12.1 Å². The zero-order valence-electron chi connectivity index (χ0n) is 10.0. The van der Waals surface area contributed by atoms with Gasteiger partial charge in [0.05, 0.1) is 6.21 Å². The van der Waals surface area contributed by atoms with Crippen molar-refractivity contribution in [2.24, 2.45) is 10.8 Å². The van der Waals surface area contributed by atoms with Crippen molar-refractivity contribution < 1.29 is 4.79 Å². The number of carbonyl (C=O) groups is 1. The highest BCUT2D eigenvalue weighted by Crippen LogP contribution is 2.19. The minimum absolute atomic E-state index is 0.659. The van der Waals surface area contributed by atoms with Gasteiger partial charge in [-0.3, -0.25) is 0 Å². The van der Waals surface area contributed by atoms with E-state index in [2.05, 4.69) is 27.6 Å². The molecule has 0 spiro atoms. The molecule has 96 valence electrons. The quantitative estimate of drug-likeness (QED) is 0.637. The Kier molecular flexibility index (Phi) is 4.46. The number of hydrogen-bond donors (Lipinski definition) is 2. The number of hydrazone groups is 1. The summed E-state index contributed by atoms with van der Waals surface area (Å²) in [7, 11) is 0. The van der Waals surface area contributed by atoms with Gasteiger partial charge in [0.2, 0.25) is 0 Å². The number of anilines is 1. The lowest BCUT2D eigenvalue weighted by Gasteiger charge is -2.28. The van der Waals surface area contributed by atoms with Crippen molar-refractivity contribution in [1.82, 2.24) is 5.43 Å². The molecule has 2 amide bonds. The number of urea groups is 1. The predicted molar refractivity (Wildman–Crippen MR) is 76.3 cm³/mol. The number of hydrogen-bond acceptors (Lipinski definition) is 4. The van der Waals surface area contributed by atoms with E-state index < -0.39 is 6.03 Å². The third-order valence-corrected chi connectivity index (χ3v) is 3.60. The van der Waals surface area contributed by atoms with Gasteiger partial charge in [0.15, 0.2) is 0 Å². The molecular weight excluding hydrogens is 248 g/mol. The van der Waals surface area contributed by atoms with Crippen molar-refractivity contribution in [3.63, 3.8) is 0 Å². The molecule has 3 N–H and O–H groups in total. The zero-order chi connectivity index (χ0) is 12.8. The molecule has 0 aromatic heterocycles. The summed E-state index contributed by atoms with van der Waals surface area (Å²) in [5.74, 6) is 2.37. The molecule has 0 saturated carbocycles. The summed E-state index contributed by atoms with van der Waals surface area (Å²) in [6, 6.07) is 7.43. The lowest BCUT2D eigenvalue weighted by molar-refractivity contribution is 0.249. The van der Waals surface area contributed by atoms with Crippen molar-refractivity contribution in [2.45, 2.75) is 0 Å². The third-order valence-electron chi connectivity index (χ3n) is 2.66. The van der Waals surface area contributed by atoms with Crippen LogP contribution in [-0.2, 0) is 0 Å². The first-order valence-electron chi connectivity index (χ1n) is 5.77. The highest BCUT2D eigenvalue weighted by atomic mass is 32.2. The number of rotatable bonds is 3. The summed E-state index contributed by atoms with van der Waals surface area (Å²) >= 11 is 2.00. The average Bonchev–Trinajstić information content (AvgIpc) is 2.40. The minimum Gasteiger partial charge on any atom is -0.370 e. The van der Waals surface area contributed by atoms with E-state index in [9.17, 15) is 4.79 Å². The molecule has 6 heteroatoms. The molecule has 1 fully saturated rings. The third kappa shape index (κ3) is 3.66. The van der Waals surface area contributed by atoms with Gasteiger partial charge in [0.1, 0.15) is 0 Å². The van der Waals surface area contributed by atoms with Crippen LogP contribution in [0, 0.1) is 0 Å². The van der Waals surface area contributed by atoms with Crippen LogP contribution in [0.4, 0.5) is 10.5 Å². The predicted octanol–water partition coefficient (Wildman–Crippen LogP) is 1.24.